The van der Waals surface area contributed by atoms with Gasteiger partial charge in [-0.05, 0) is 31.1 Å². The standard InChI is InChI=1S/C21H24N4O3S2/c1-15-16(2)29-21-19(15)20(26)22-18(23-21)14-24-9-11-25(12-10-24)30(27,28)13-8-17-6-4-3-5-7-17/h3-8,13H,9-12,14H2,1-2H3,(H,22,23,26). The van der Waals surface area contributed by atoms with Gasteiger partial charge in [-0.15, -0.1) is 11.3 Å². The molecular weight excluding hydrogens is 420 g/mol. The molecule has 1 aliphatic rings. The van der Waals surface area contributed by atoms with Crippen molar-refractivity contribution in [3.63, 3.8) is 0 Å². The van der Waals surface area contributed by atoms with E-state index in [1.54, 1.807) is 6.08 Å². The summed E-state index contributed by atoms with van der Waals surface area (Å²) in [5.41, 5.74) is 1.73. The first-order valence-electron chi connectivity index (χ1n) is 9.78. The van der Waals surface area contributed by atoms with Gasteiger partial charge in [0.05, 0.1) is 11.9 Å². The largest absolute Gasteiger partial charge is 0.309 e. The lowest BCUT2D eigenvalue weighted by molar-refractivity contribution is 0.179. The summed E-state index contributed by atoms with van der Waals surface area (Å²) in [5, 5.41) is 1.94. The van der Waals surface area contributed by atoms with Gasteiger partial charge in [0.25, 0.3) is 5.56 Å². The van der Waals surface area contributed by atoms with Gasteiger partial charge >= 0.3 is 0 Å². The zero-order valence-electron chi connectivity index (χ0n) is 17.0. The first-order valence-corrected chi connectivity index (χ1v) is 12.1. The Bertz CT molecular complexity index is 1240. The number of nitrogens with one attached hydrogen (secondary N) is 1. The molecule has 158 valence electrons. The summed E-state index contributed by atoms with van der Waals surface area (Å²) in [6.07, 6.45) is 1.62. The molecule has 0 amide bonds. The second-order valence-corrected chi connectivity index (χ2v) is 10.4. The topological polar surface area (TPSA) is 86.4 Å². The fraction of sp³-hybridized carbons (Fsp3) is 0.333. The minimum absolute atomic E-state index is 0.107. The van der Waals surface area contributed by atoms with Crippen molar-refractivity contribution < 1.29 is 8.42 Å². The van der Waals surface area contributed by atoms with Crippen LogP contribution in [0.5, 0.6) is 0 Å². The summed E-state index contributed by atoms with van der Waals surface area (Å²) >= 11 is 1.53. The molecule has 0 unspecified atom stereocenters. The molecule has 1 aliphatic heterocycles. The first kappa shape index (κ1) is 20.9. The summed E-state index contributed by atoms with van der Waals surface area (Å²) in [7, 11) is -3.46. The van der Waals surface area contributed by atoms with Gasteiger partial charge < -0.3 is 4.98 Å². The summed E-state index contributed by atoms with van der Waals surface area (Å²) in [4.78, 5) is 23.9. The van der Waals surface area contributed by atoms with E-state index < -0.39 is 10.0 Å². The monoisotopic (exact) mass is 444 g/mol. The Morgan fingerprint density at radius 2 is 1.83 bits per heavy atom. The van der Waals surface area contributed by atoms with Gasteiger partial charge in [-0.25, -0.2) is 13.4 Å². The third kappa shape index (κ3) is 4.39. The fourth-order valence-corrected chi connectivity index (χ4v) is 5.77. The SMILES string of the molecule is Cc1sc2nc(CN3CCN(S(=O)(=O)C=Cc4ccccc4)CC3)[nH]c(=O)c2c1C. The average Bonchev–Trinajstić information content (AvgIpc) is 3.01. The van der Waals surface area contributed by atoms with Crippen LogP contribution in [-0.4, -0.2) is 53.8 Å². The molecule has 0 radical (unpaired) electrons. The number of benzene rings is 1. The maximum Gasteiger partial charge on any atom is 0.259 e. The molecular formula is C21H24N4O3S2. The molecule has 0 atom stereocenters. The van der Waals surface area contributed by atoms with Crippen molar-refractivity contribution in [2.75, 3.05) is 26.2 Å². The van der Waals surface area contributed by atoms with Crippen LogP contribution in [-0.2, 0) is 16.6 Å². The van der Waals surface area contributed by atoms with Crippen LogP contribution in [0, 0.1) is 13.8 Å². The lowest BCUT2D eigenvalue weighted by Gasteiger charge is -2.32. The number of aromatic nitrogens is 2. The zero-order chi connectivity index (χ0) is 21.3. The Morgan fingerprint density at radius 3 is 2.53 bits per heavy atom. The van der Waals surface area contributed by atoms with Gasteiger partial charge in [0.15, 0.2) is 0 Å². The van der Waals surface area contributed by atoms with Gasteiger partial charge in [-0.1, -0.05) is 30.3 Å². The van der Waals surface area contributed by atoms with Crippen molar-refractivity contribution in [1.29, 1.82) is 0 Å². The summed E-state index contributed by atoms with van der Waals surface area (Å²) in [6.45, 7) is 6.42. The predicted octanol–water partition coefficient (Wildman–Crippen LogP) is 2.72. The number of aromatic amines is 1. The normalized spacial score (nSPS) is 16.6. The second-order valence-electron chi connectivity index (χ2n) is 7.41. The van der Waals surface area contributed by atoms with Gasteiger partial charge in [0.1, 0.15) is 10.7 Å². The molecule has 0 saturated carbocycles. The van der Waals surface area contributed by atoms with Gasteiger partial charge in [-0.3, -0.25) is 9.69 Å². The molecule has 1 saturated heterocycles. The van der Waals surface area contributed by atoms with E-state index in [9.17, 15) is 13.2 Å². The summed E-state index contributed by atoms with van der Waals surface area (Å²) in [6, 6.07) is 9.38. The van der Waals surface area contributed by atoms with Crippen LogP contribution in [0.2, 0.25) is 0 Å². The highest BCUT2D eigenvalue weighted by Gasteiger charge is 2.25. The molecule has 30 heavy (non-hydrogen) atoms. The van der Waals surface area contributed by atoms with E-state index in [1.807, 2.05) is 44.2 Å². The van der Waals surface area contributed by atoms with E-state index in [0.717, 1.165) is 20.8 Å². The Morgan fingerprint density at radius 1 is 1.13 bits per heavy atom. The lowest BCUT2D eigenvalue weighted by atomic mass is 10.2. The highest BCUT2D eigenvalue weighted by atomic mass is 32.2. The van der Waals surface area contributed by atoms with E-state index in [-0.39, 0.29) is 5.56 Å². The van der Waals surface area contributed by atoms with Crippen LogP contribution in [0.1, 0.15) is 21.8 Å². The lowest BCUT2D eigenvalue weighted by Crippen LogP contribution is -2.47. The van der Waals surface area contributed by atoms with Crippen LogP contribution < -0.4 is 5.56 Å². The highest BCUT2D eigenvalue weighted by molar-refractivity contribution is 7.92. The molecule has 1 aromatic carbocycles. The van der Waals surface area contributed by atoms with Crippen molar-refractivity contribution in [3.8, 4) is 0 Å². The Kier molecular flexibility index (Phi) is 5.88. The number of H-pyrrole nitrogens is 1. The van der Waals surface area contributed by atoms with Crippen LogP contribution in [0.3, 0.4) is 0 Å². The van der Waals surface area contributed by atoms with E-state index in [1.165, 1.54) is 21.1 Å². The predicted molar refractivity (Wildman–Crippen MR) is 121 cm³/mol. The van der Waals surface area contributed by atoms with E-state index >= 15 is 0 Å². The van der Waals surface area contributed by atoms with E-state index in [0.29, 0.717) is 43.9 Å². The molecule has 9 heteroatoms. The van der Waals surface area contributed by atoms with Crippen molar-refractivity contribution in [2.45, 2.75) is 20.4 Å². The van der Waals surface area contributed by atoms with Gasteiger partial charge in [0.2, 0.25) is 10.0 Å². The fourth-order valence-electron chi connectivity index (χ4n) is 3.54. The van der Waals surface area contributed by atoms with E-state index in [2.05, 4.69) is 14.9 Å². The third-order valence-electron chi connectivity index (χ3n) is 5.38. The highest BCUT2D eigenvalue weighted by Crippen LogP contribution is 2.25. The molecule has 0 spiro atoms. The second kappa shape index (κ2) is 8.43. The zero-order valence-corrected chi connectivity index (χ0v) is 18.6. The number of piperazine rings is 1. The maximum absolute atomic E-state index is 12.6. The molecule has 0 bridgehead atoms. The number of fused-ring (bicyclic) bond motifs is 1. The summed E-state index contributed by atoms with van der Waals surface area (Å²) < 4.78 is 26.7. The number of hydrogen-bond donors (Lipinski definition) is 1. The minimum Gasteiger partial charge on any atom is -0.309 e. The maximum atomic E-state index is 12.6. The molecule has 7 nitrogen and oxygen atoms in total. The molecule has 0 aliphatic carbocycles. The Balaban J connectivity index is 1.41. The van der Waals surface area contributed by atoms with Crippen LogP contribution in [0.4, 0.5) is 0 Å². The molecule has 3 heterocycles. The molecule has 1 fully saturated rings. The number of nitrogens with zero attached hydrogens (tertiary/aromatic N) is 3. The van der Waals surface area contributed by atoms with Crippen molar-refractivity contribution in [2.24, 2.45) is 0 Å². The van der Waals surface area contributed by atoms with Crippen LogP contribution >= 0.6 is 11.3 Å². The first-order chi connectivity index (χ1) is 14.3. The van der Waals surface area contributed by atoms with Crippen molar-refractivity contribution in [1.82, 2.24) is 19.2 Å². The van der Waals surface area contributed by atoms with Crippen molar-refractivity contribution >= 4 is 37.7 Å². The van der Waals surface area contributed by atoms with Crippen LogP contribution in [0.25, 0.3) is 16.3 Å². The van der Waals surface area contributed by atoms with Crippen molar-refractivity contribution in [3.05, 3.63) is 67.9 Å². The minimum atomic E-state index is -3.46. The smallest absolute Gasteiger partial charge is 0.259 e. The van der Waals surface area contributed by atoms with Gasteiger partial charge in [0, 0.05) is 36.5 Å². The molecule has 1 N–H and O–H groups in total. The number of thiophene rings is 1. The Hall–Kier alpha value is -2.33. The average molecular weight is 445 g/mol. The third-order valence-corrected chi connectivity index (χ3v) is 8.05. The quantitative estimate of drug-likeness (QED) is 0.654. The molecule has 3 aromatic rings. The molecule has 4 rings (SSSR count). The van der Waals surface area contributed by atoms with Gasteiger partial charge in [-0.2, -0.15) is 4.31 Å². The van der Waals surface area contributed by atoms with Crippen LogP contribution in [0.15, 0.2) is 40.5 Å². The number of hydrogen-bond acceptors (Lipinski definition) is 6. The molecule has 2 aromatic heterocycles. The number of sulfonamides is 1. The number of rotatable bonds is 5. The Labute approximate surface area is 179 Å². The number of aryl methyl sites for hydroxylation is 2. The van der Waals surface area contributed by atoms with E-state index in [4.69, 9.17) is 0 Å². The summed E-state index contributed by atoms with van der Waals surface area (Å²) in [5.74, 6) is 0.619.